The number of amides is 1. The quantitative estimate of drug-likeness (QED) is 0.905. The van der Waals surface area contributed by atoms with Crippen molar-refractivity contribution in [2.75, 3.05) is 18.0 Å². The summed E-state index contributed by atoms with van der Waals surface area (Å²) >= 11 is 4.84. The van der Waals surface area contributed by atoms with Crippen LogP contribution in [-0.2, 0) is 7.05 Å². The minimum absolute atomic E-state index is 0.0288. The van der Waals surface area contributed by atoms with E-state index in [1.165, 1.54) is 11.3 Å². The Bertz CT molecular complexity index is 630. The topological polar surface area (TPSA) is 50.2 Å². The van der Waals surface area contributed by atoms with Crippen LogP contribution in [0.1, 0.15) is 22.5 Å². The predicted molar refractivity (Wildman–Crippen MR) is 87.9 cm³/mol. The van der Waals surface area contributed by atoms with E-state index in [2.05, 4.69) is 31.1 Å². The predicted octanol–water partition coefficient (Wildman–Crippen LogP) is 2.64. The molecule has 2 aromatic rings. The molecule has 0 radical (unpaired) electrons. The highest BCUT2D eigenvalue weighted by molar-refractivity contribution is 9.10. The summed E-state index contributed by atoms with van der Waals surface area (Å²) in [5.74, 6) is 1.03. The first-order valence-corrected chi connectivity index (χ1v) is 8.58. The monoisotopic (exact) mass is 368 g/mol. The number of anilines is 1. The summed E-state index contributed by atoms with van der Waals surface area (Å²) < 4.78 is 2.99. The van der Waals surface area contributed by atoms with E-state index in [1.54, 1.807) is 0 Å². The molecular formula is C14H17BrN4OS. The lowest BCUT2D eigenvalue weighted by Crippen LogP contribution is -2.45. The molecule has 0 spiro atoms. The SMILES string of the molecule is Cn1ccnc1N1CCC(NC(=O)c2cc(Br)cs2)CC1. The van der Waals surface area contributed by atoms with Gasteiger partial charge >= 0.3 is 0 Å². The maximum atomic E-state index is 12.1. The minimum Gasteiger partial charge on any atom is -0.348 e. The molecule has 1 aliphatic heterocycles. The zero-order valence-electron chi connectivity index (χ0n) is 11.8. The molecule has 3 rings (SSSR count). The van der Waals surface area contributed by atoms with Gasteiger partial charge in [0, 0.05) is 48.4 Å². The Kier molecular flexibility index (Phi) is 4.30. The molecule has 5 nitrogen and oxygen atoms in total. The number of hydrogen-bond donors (Lipinski definition) is 1. The summed E-state index contributed by atoms with van der Waals surface area (Å²) in [6.07, 6.45) is 5.67. The highest BCUT2D eigenvalue weighted by Crippen LogP contribution is 2.21. The third-order valence-corrected chi connectivity index (χ3v) is 5.39. The van der Waals surface area contributed by atoms with Gasteiger partial charge in [0.2, 0.25) is 5.95 Å². The molecule has 7 heteroatoms. The zero-order valence-corrected chi connectivity index (χ0v) is 14.2. The number of carbonyl (C=O) groups is 1. The van der Waals surface area contributed by atoms with Crippen LogP contribution in [0.5, 0.6) is 0 Å². The number of halogens is 1. The van der Waals surface area contributed by atoms with Gasteiger partial charge in [-0.2, -0.15) is 0 Å². The van der Waals surface area contributed by atoms with Crippen LogP contribution in [0.4, 0.5) is 5.95 Å². The Morgan fingerprint density at radius 1 is 1.48 bits per heavy atom. The molecule has 3 heterocycles. The van der Waals surface area contributed by atoms with Crippen molar-refractivity contribution >= 4 is 39.1 Å². The minimum atomic E-state index is 0.0288. The number of nitrogens with zero attached hydrogens (tertiary/aromatic N) is 3. The van der Waals surface area contributed by atoms with Gasteiger partial charge in [-0.15, -0.1) is 11.3 Å². The number of aromatic nitrogens is 2. The van der Waals surface area contributed by atoms with Crippen LogP contribution in [0.25, 0.3) is 0 Å². The number of carbonyl (C=O) groups excluding carboxylic acids is 1. The van der Waals surface area contributed by atoms with Crippen LogP contribution in [0, 0.1) is 0 Å². The second-order valence-electron chi connectivity index (χ2n) is 5.20. The van der Waals surface area contributed by atoms with Crippen molar-refractivity contribution in [3.63, 3.8) is 0 Å². The Hall–Kier alpha value is -1.34. The number of nitrogens with one attached hydrogen (secondary N) is 1. The van der Waals surface area contributed by atoms with E-state index in [0.29, 0.717) is 0 Å². The summed E-state index contributed by atoms with van der Waals surface area (Å²) in [5.41, 5.74) is 0. The van der Waals surface area contributed by atoms with Gasteiger partial charge in [0.15, 0.2) is 0 Å². The van der Waals surface area contributed by atoms with Gasteiger partial charge in [0.1, 0.15) is 0 Å². The van der Waals surface area contributed by atoms with Gasteiger partial charge in [-0.1, -0.05) is 0 Å². The average Bonchev–Trinajstić information content (AvgIpc) is 3.08. The highest BCUT2D eigenvalue weighted by atomic mass is 79.9. The molecule has 1 aliphatic rings. The lowest BCUT2D eigenvalue weighted by atomic mass is 10.1. The van der Waals surface area contributed by atoms with Gasteiger partial charge in [-0.3, -0.25) is 4.79 Å². The van der Waals surface area contributed by atoms with E-state index in [9.17, 15) is 4.79 Å². The van der Waals surface area contributed by atoms with Crippen LogP contribution in [0.3, 0.4) is 0 Å². The highest BCUT2D eigenvalue weighted by Gasteiger charge is 2.23. The van der Waals surface area contributed by atoms with Crippen molar-refractivity contribution in [2.24, 2.45) is 7.05 Å². The summed E-state index contributed by atoms with van der Waals surface area (Å²) in [7, 11) is 2.00. The normalized spacial score (nSPS) is 16.2. The van der Waals surface area contributed by atoms with Crippen LogP contribution in [0.2, 0.25) is 0 Å². The van der Waals surface area contributed by atoms with E-state index in [4.69, 9.17) is 0 Å². The fourth-order valence-corrected chi connectivity index (χ4v) is 3.90. The molecule has 0 aliphatic carbocycles. The van der Waals surface area contributed by atoms with Gasteiger partial charge in [0.05, 0.1) is 4.88 Å². The number of imidazole rings is 1. The molecule has 1 saturated heterocycles. The Balaban J connectivity index is 1.54. The van der Waals surface area contributed by atoms with E-state index >= 15 is 0 Å². The van der Waals surface area contributed by atoms with Crippen LogP contribution < -0.4 is 10.2 Å². The third kappa shape index (κ3) is 3.29. The molecule has 1 amide bonds. The number of rotatable bonds is 3. The molecule has 1 N–H and O–H groups in total. The number of aryl methyl sites for hydroxylation is 1. The molecule has 0 atom stereocenters. The summed E-state index contributed by atoms with van der Waals surface area (Å²) in [6, 6.07) is 2.11. The standard InChI is InChI=1S/C14H17BrN4OS/c1-18-7-4-16-14(18)19-5-2-11(3-6-19)17-13(20)12-8-10(15)9-21-12/h4,7-9,11H,2-3,5-6H2,1H3,(H,17,20). The van der Waals surface area contributed by atoms with Crippen molar-refractivity contribution < 1.29 is 4.79 Å². The molecule has 112 valence electrons. The first-order chi connectivity index (χ1) is 10.1. The molecule has 0 aromatic carbocycles. The van der Waals surface area contributed by atoms with Crippen molar-refractivity contribution in [1.82, 2.24) is 14.9 Å². The molecule has 2 aromatic heterocycles. The number of hydrogen-bond acceptors (Lipinski definition) is 4. The largest absolute Gasteiger partial charge is 0.348 e. The van der Waals surface area contributed by atoms with Crippen LogP contribution >= 0.6 is 27.3 Å². The fourth-order valence-electron chi connectivity index (χ4n) is 2.57. The molecule has 21 heavy (non-hydrogen) atoms. The molecule has 0 bridgehead atoms. The Morgan fingerprint density at radius 3 is 2.81 bits per heavy atom. The zero-order chi connectivity index (χ0) is 14.8. The smallest absolute Gasteiger partial charge is 0.261 e. The number of piperidine rings is 1. The van der Waals surface area contributed by atoms with Crippen molar-refractivity contribution in [3.8, 4) is 0 Å². The lowest BCUT2D eigenvalue weighted by Gasteiger charge is -2.32. The summed E-state index contributed by atoms with van der Waals surface area (Å²) in [6.45, 7) is 1.84. The van der Waals surface area contributed by atoms with E-state index in [-0.39, 0.29) is 11.9 Å². The van der Waals surface area contributed by atoms with Crippen LogP contribution in [0.15, 0.2) is 28.3 Å². The lowest BCUT2D eigenvalue weighted by molar-refractivity contribution is 0.0935. The Labute approximate surface area is 136 Å². The van der Waals surface area contributed by atoms with Crippen LogP contribution in [-0.4, -0.2) is 34.6 Å². The van der Waals surface area contributed by atoms with E-state index < -0.39 is 0 Å². The second-order valence-corrected chi connectivity index (χ2v) is 7.03. The maximum absolute atomic E-state index is 12.1. The number of thiophene rings is 1. The van der Waals surface area contributed by atoms with E-state index in [1.807, 2.05) is 35.5 Å². The molecular weight excluding hydrogens is 352 g/mol. The molecule has 1 fully saturated rings. The maximum Gasteiger partial charge on any atom is 0.261 e. The van der Waals surface area contributed by atoms with Gasteiger partial charge in [0.25, 0.3) is 5.91 Å². The molecule has 0 unspecified atom stereocenters. The summed E-state index contributed by atoms with van der Waals surface area (Å²) in [5, 5.41) is 5.05. The fraction of sp³-hybridized carbons (Fsp3) is 0.429. The third-order valence-electron chi connectivity index (χ3n) is 3.70. The average molecular weight is 369 g/mol. The van der Waals surface area contributed by atoms with Gasteiger partial charge in [-0.25, -0.2) is 4.98 Å². The second kappa shape index (κ2) is 6.19. The van der Waals surface area contributed by atoms with Gasteiger partial charge < -0.3 is 14.8 Å². The van der Waals surface area contributed by atoms with Crippen molar-refractivity contribution in [3.05, 3.63) is 33.2 Å². The van der Waals surface area contributed by atoms with Gasteiger partial charge in [-0.05, 0) is 34.8 Å². The first kappa shape index (κ1) is 14.6. The Morgan fingerprint density at radius 2 is 2.24 bits per heavy atom. The van der Waals surface area contributed by atoms with Crippen molar-refractivity contribution in [2.45, 2.75) is 18.9 Å². The van der Waals surface area contributed by atoms with Crippen molar-refractivity contribution in [1.29, 1.82) is 0 Å². The van der Waals surface area contributed by atoms with E-state index in [0.717, 1.165) is 41.2 Å². The molecule has 0 saturated carbocycles. The first-order valence-electron chi connectivity index (χ1n) is 6.90. The summed E-state index contributed by atoms with van der Waals surface area (Å²) in [4.78, 5) is 19.5.